The summed E-state index contributed by atoms with van der Waals surface area (Å²) in [6, 6.07) is 5.91. The van der Waals surface area contributed by atoms with Crippen LogP contribution in [-0.2, 0) is 4.79 Å². The molecule has 0 aliphatic carbocycles. The van der Waals surface area contributed by atoms with Crippen LogP contribution in [0.2, 0.25) is 0 Å². The van der Waals surface area contributed by atoms with E-state index >= 15 is 0 Å². The minimum atomic E-state index is -0.0562. The molecule has 1 heterocycles. The number of piperidine rings is 1. The molecule has 3 heteroatoms. The number of hydrogen-bond acceptors (Lipinski definition) is 2. The van der Waals surface area contributed by atoms with Crippen molar-refractivity contribution in [3.8, 4) is 0 Å². The number of carbonyl (C=O) groups is 1. The Balaban J connectivity index is 2.31. The van der Waals surface area contributed by atoms with E-state index in [4.69, 9.17) is 5.73 Å². The summed E-state index contributed by atoms with van der Waals surface area (Å²) < 4.78 is 0. The highest BCUT2D eigenvalue weighted by Crippen LogP contribution is 2.29. The molecule has 1 aliphatic heterocycles. The van der Waals surface area contributed by atoms with Gasteiger partial charge in [-0.15, -0.1) is 0 Å². The van der Waals surface area contributed by atoms with Crippen LogP contribution >= 0.6 is 0 Å². The lowest BCUT2D eigenvalue weighted by Gasteiger charge is -2.23. The highest BCUT2D eigenvalue weighted by atomic mass is 16.1. The fraction of sp³-hybridized carbons (Fsp3) is 0.417. The first-order valence-electron chi connectivity index (χ1n) is 5.32. The van der Waals surface area contributed by atoms with Gasteiger partial charge in [-0.2, -0.15) is 0 Å². The summed E-state index contributed by atoms with van der Waals surface area (Å²) in [5.41, 5.74) is 8.77. The van der Waals surface area contributed by atoms with Crippen molar-refractivity contribution in [1.82, 2.24) is 5.32 Å². The molecule has 1 aliphatic rings. The number of benzene rings is 1. The van der Waals surface area contributed by atoms with Gasteiger partial charge in [-0.1, -0.05) is 12.1 Å². The molecule has 0 saturated carbocycles. The van der Waals surface area contributed by atoms with Crippen molar-refractivity contribution >= 4 is 11.6 Å². The molecule has 0 spiro atoms. The second kappa shape index (κ2) is 3.93. The van der Waals surface area contributed by atoms with Gasteiger partial charge in [-0.05, 0) is 37.0 Å². The summed E-state index contributed by atoms with van der Waals surface area (Å²) >= 11 is 0. The lowest BCUT2D eigenvalue weighted by Crippen LogP contribution is -2.35. The average molecular weight is 204 g/mol. The Labute approximate surface area is 89.7 Å². The standard InChI is InChI=1S/C12H16N2O/c1-8-4-5-9(11(13)7-8)10-3-2-6-14-12(10)15/h4-5,7,10H,2-3,6,13H2,1H3,(H,14,15). The predicted octanol–water partition coefficient (Wildman–Crippen LogP) is 1.57. The van der Waals surface area contributed by atoms with Gasteiger partial charge in [0.1, 0.15) is 0 Å². The van der Waals surface area contributed by atoms with Crippen molar-refractivity contribution in [1.29, 1.82) is 0 Å². The first-order chi connectivity index (χ1) is 7.18. The third-order valence-corrected chi connectivity index (χ3v) is 2.90. The Kier molecular flexibility index (Phi) is 2.62. The maximum atomic E-state index is 11.7. The van der Waals surface area contributed by atoms with Gasteiger partial charge in [-0.3, -0.25) is 4.79 Å². The molecule has 3 nitrogen and oxygen atoms in total. The Morgan fingerprint density at radius 1 is 1.47 bits per heavy atom. The normalized spacial score (nSPS) is 21.1. The van der Waals surface area contributed by atoms with Gasteiger partial charge in [0.15, 0.2) is 0 Å². The molecule has 1 unspecified atom stereocenters. The number of nitrogen functional groups attached to an aromatic ring is 1. The van der Waals surface area contributed by atoms with E-state index in [1.54, 1.807) is 0 Å². The monoisotopic (exact) mass is 204 g/mol. The zero-order chi connectivity index (χ0) is 10.8. The van der Waals surface area contributed by atoms with Crippen molar-refractivity contribution in [2.45, 2.75) is 25.7 Å². The van der Waals surface area contributed by atoms with Crippen LogP contribution < -0.4 is 11.1 Å². The SMILES string of the molecule is Cc1ccc(C2CCCNC2=O)c(N)c1. The zero-order valence-corrected chi connectivity index (χ0v) is 8.92. The molecule has 1 saturated heterocycles. The van der Waals surface area contributed by atoms with Gasteiger partial charge in [0.2, 0.25) is 5.91 Å². The Hall–Kier alpha value is -1.51. The molecule has 1 atom stereocenters. The quantitative estimate of drug-likeness (QED) is 0.682. The molecular weight excluding hydrogens is 188 g/mol. The molecular formula is C12H16N2O. The maximum absolute atomic E-state index is 11.7. The van der Waals surface area contributed by atoms with E-state index in [1.165, 1.54) is 0 Å². The molecule has 0 radical (unpaired) electrons. The van der Waals surface area contributed by atoms with E-state index in [9.17, 15) is 4.79 Å². The lowest BCUT2D eigenvalue weighted by molar-refractivity contribution is -0.123. The second-order valence-corrected chi connectivity index (χ2v) is 4.12. The van der Waals surface area contributed by atoms with Crippen molar-refractivity contribution in [3.05, 3.63) is 29.3 Å². The van der Waals surface area contributed by atoms with Gasteiger partial charge in [0.25, 0.3) is 0 Å². The molecule has 0 aromatic heterocycles. The maximum Gasteiger partial charge on any atom is 0.227 e. The molecule has 15 heavy (non-hydrogen) atoms. The number of aryl methyl sites for hydroxylation is 1. The lowest BCUT2D eigenvalue weighted by atomic mass is 9.89. The summed E-state index contributed by atoms with van der Waals surface area (Å²) in [7, 11) is 0. The summed E-state index contributed by atoms with van der Waals surface area (Å²) in [5.74, 6) is 0.0520. The van der Waals surface area contributed by atoms with Gasteiger partial charge in [-0.25, -0.2) is 0 Å². The van der Waals surface area contributed by atoms with Gasteiger partial charge < -0.3 is 11.1 Å². The van der Waals surface area contributed by atoms with E-state index in [-0.39, 0.29) is 11.8 Å². The van der Waals surface area contributed by atoms with Crippen LogP contribution in [0.4, 0.5) is 5.69 Å². The Bertz CT molecular complexity index is 387. The van der Waals surface area contributed by atoms with Crippen LogP contribution in [0.15, 0.2) is 18.2 Å². The minimum Gasteiger partial charge on any atom is -0.398 e. The second-order valence-electron chi connectivity index (χ2n) is 4.12. The molecule has 2 rings (SSSR count). The molecule has 0 bridgehead atoms. The zero-order valence-electron chi connectivity index (χ0n) is 8.92. The first kappa shape index (κ1) is 10.0. The van der Waals surface area contributed by atoms with E-state index < -0.39 is 0 Å². The van der Waals surface area contributed by atoms with Crippen molar-refractivity contribution in [3.63, 3.8) is 0 Å². The number of hydrogen-bond donors (Lipinski definition) is 2. The molecule has 3 N–H and O–H groups in total. The molecule has 1 aromatic rings. The number of amides is 1. The molecule has 1 fully saturated rings. The first-order valence-corrected chi connectivity index (χ1v) is 5.32. The average Bonchev–Trinajstić information content (AvgIpc) is 2.20. The summed E-state index contributed by atoms with van der Waals surface area (Å²) in [6.07, 6.45) is 1.93. The van der Waals surface area contributed by atoms with E-state index in [1.807, 2.05) is 25.1 Å². The van der Waals surface area contributed by atoms with Gasteiger partial charge in [0.05, 0.1) is 5.92 Å². The number of anilines is 1. The highest BCUT2D eigenvalue weighted by molar-refractivity contribution is 5.85. The van der Waals surface area contributed by atoms with Crippen LogP contribution in [-0.4, -0.2) is 12.5 Å². The smallest absolute Gasteiger partial charge is 0.227 e. The van der Waals surface area contributed by atoms with E-state index in [0.29, 0.717) is 0 Å². The summed E-state index contributed by atoms with van der Waals surface area (Å²) in [6.45, 7) is 2.79. The number of nitrogens with one attached hydrogen (secondary N) is 1. The van der Waals surface area contributed by atoms with E-state index in [0.717, 1.165) is 36.2 Å². The third-order valence-electron chi connectivity index (χ3n) is 2.90. The van der Waals surface area contributed by atoms with Crippen LogP contribution in [0.25, 0.3) is 0 Å². The van der Waals surface area contributed by atoms with Crippen molar-refractivity contribution in [2.24, 2.45) is 0 Å². The Morgan fingerprint density at radius 3 is 2.93 bits per heavy atom. The fourth-order valence-electron chi connectivity index (χ4n) is 2.08. The number of rotatable bonds is 1. The van der Waals surface area contributed by atoms with Gasteiger partial charge >= 0.3 is 0 Å². The molecule has 1 aromatic carbocycles. The predicted molar refractivity (Wildman–Crippen MR) is 60.6 cm³/mol. The molecule has 80 valence electrons. The van der Waals surface area contributed by atoms with Crippen LogP contribution in [0.1, 0.15) is 29.9 Å². The fourth-order valence-corrected chi connectivity index (χ4v) is 2.08. The van der Waals surface area contributed by atoms with Crippen LogP contribution in [0.3, 0.4) is 0 Å². The van der Waals surface area contributed by atoms with Crippen LogP contribution in [0, 0.1) is 6.92 Å². The van der Waals surface area contributed by atoms with Gasteiger partial charge in [0, 0.05) is 12.2 Å². The minimum absolute atomic E-state index is 0.0562. The molecule has 1 amide bonds. The van der Waals surface area contributed by atoms with Crippen molar-refractivity contribution in [2.75, 3.05) is 12.3 Å². The number of carbonyl (C=O) groups excluding carboxylic acids is 1. The van der Waals surface area contributed by atoms with Crippen molar-refractivity contribution < 1.29 is 4.79 Å². The Morgan fingerprint density at radius 2 is 2.27 bits per heavy atom. The van der Waals surface area contributed by atoms with Crippen LogP contribution in [0.5, 0.6) is 0 Å². The third kappa shape index (κ3) is 1.96. The summed E-state index contributed by atoms with van der Waals surface area (Å²) in [5, 5.41) is 2.88. The topological polar surface area (TPSA) is 55.1 Å². The number of nitrogens with two attached hydrogens (primary N) is 1. The van der Waals surface area contributed by atoms with E-state index in [2.05, 4.69) is 5.32 Å². The highest BCUT2D eigenvalue weighted by Gasteiger charge is 2.25. The largest absolute Gasteiger partial charge is 0.398 e. The summed E-state index contributed by atoms with van der Waals surface area (Å²) in [4.78, 5) is 11.7.